The van der Waals surface area contributed by atoms with Crippen LogP contribution in [0.2, 0.25) is 0 Å². The first-order valence-corrected chi connectivity index (χ1v) is 3.80. The molecular weight excluding hydrogens is 154 g/mol. The molecule has 0 spiro atoms. The van der Waals surface area contributed by atoms with E-state index < -0.39 is 5.97 Å². The van der Waals surface area contributed by atoms with Crippen molar-refractivity contribution in [1.82, 2.24) is 4.98 Å². The highest BCUT2D eigenvalue weighted by atomic mass is 16.4. The molecule has 0 atom stereocenters. The Morgan fingerprint density at radius 3 is 2.92 bits per heavy atom. The molecule has 1 heterocycles. The Kier molecular flexibility index (Phi) is 2.69. The number of aromatic nitrogens is 1. The molecule has 0 aliphatic carbocycles. The van der Waals surface area contributed by atoms with Gasteiger partial charge in [0.05, 0.1) is 0 Å². The van der Waals surface area contributed by atoms with Gasteiger partial charge < -0.3 is 10.1 Å². The summed E-state index contributed by atoms with van der Waals surface area (Å²) in [6, 6.07) is 1.83. The fourth-order valence-corrected chi connectivity index (χ4v) is 0.943. The summed E-state index contributed by atoms with van der Waals surface area (Å²) in [7, 11) is 0. The van der Waals surface area contributed by atoms with Gasteiger partial charge in [0.2, 0.25) is 0 Å². The minimum atomic E-state index is -0.848. The minimum absolute atomic E-state index is 0.426. The normalized spacial score (nSPS) is 11.6. The number of carboxylic acid groups (broad SMARTS) is 1. The number of nitrogens with one attached hydrogen (secondary N) is 1. The maximum absolute atomic E-state index is 10.6. The molecule has 0 aliphatic rings. The Balaban J connectivity index is 2.85. The first kappa shape index (κ1) is 8.59. The number of rotatable bonds is 3. The average Bonchev–Trinajstić information content (AvgIpc) is 2.51. The summed E-state index contributed by atoms with van der Waals surface area (Å²) in [5.41, 5.74) is 1.32. The predicted molar refractivity (Wildman–Crippen MR) is 46.7 cm³/mol. The molecule has 3 nitrogen and oxygen atoms in total. The van der Waals surface area contributed by atoms with Gasteiger partial charge in [-0.05, 0) is 24.1 Å². The molecule has 1 aromatic rings. The third-order valence-electron chi connectivity index (χ3n) is 1.62. The van der Waals surface area contributed by atoms with Crippen molar-refractivity contribution in [3.8, 4) is 0 Å². The number of aromatic amines is 1. The van der Waals surface area contributed by atoms with Gasteiger partial charge in [0.25, 0.3) is 0 Å². The number of hydrogen-bond donors (Lipinski definition) is 2. The fourth-order valence-electron chi connectivity index (χ4n) is 0.943. The molecule has 0 aromatic carbocycles. The first-order chi connectivity index (χ1) is 5.74. The molecule has 2 N–H and O–H groups in total. The van der Waals surface area contributed by atoms with Crippen molar-refractivity contribution in [1.29, 1.82) is 0 Å². The van der Waals surface area contributed by atoms with Crippen LogP contribution in [0.15, 0.2) is 24.0 Å². The lowest BCUT2D eigenvalue weighted by Crippen LogP contribution is -1.98. The summed E-state index contributed by atoms with van der Waals surface area (Å²) in [6.07, 6.45) is 5.74. The number of hydrogen-bond acceptors (Lipinski definition) is 1. The van der Waals surface area contributed by atoms with Gasteiger partial charge in [0.1, 0.15) is 0 Å². The average molecular weight is 165 g/mol. The van der Waals surface area contributed by atoms with Gasteiger partial charge >= 0.3 is 5.97 Å². The Bertz CT molecular complexity index is 285. The molecule has 0 saturated heterocycles. The number of carboxylic acids is 1. The molecule has 0 radical (unpaired) electrons. The van der Waals surface area contributed by atoms with Crippen LogP contribution >= 0.6 is 0 Å². The van der Waals surface area contributed by atoms with E-state index in [1.165, 1.54) is 0 Å². The van der Waals surface area contributed by atoms with Gasteiger partial charge in [-0.25, -0.2) is 4.79 Å². The largest absolute Gasteiger partial charge is 0.478 e. The van der Waals surface area contributed by atoms with Crippen molar-refractivity contribution in [2.75, 3.05) is 0 Å². The van der Waals surface area contributed by atoms with E-state index in [1.54, 1.807) is 18.5 Å². The zero-order valence-electron chi connectivity index (χ0n) is 6.87. The maximum atomic E-state index is 10.6. The summed E-state index contributed by atoms with van der Waals surface area (Å²) in [5.74, 6) is -0.848. The van der Waals surface area contributed by atoms with Gasteiger partial charge in [-0.3, -0.25) is 0 Å². The van der Waals surface area contributed by atoms with Gasteiger partial charge in [-0.15, -0.1) is 0 Å². The van der Waals surface area contributed by atoms with Crippen molar-refractivity contribution < 1.29 is 9.90 Å². The third-order valence-corrected chi connectivity index (χ3v) is 1.62. The molecule has 1 rings (SSSR count). The monoisotopic (exact) mass is 165 g/mol. The van der Waals surface area contributed by atoms with Gasteiger partial charge in [-0.2, -0.15) is 0 Å². The molecule has 0 bridgehead atoms. The van der Waals surface area contributed by atoms with E-state index in [2.05, 4.69) is 4.98 Å². The van der Waals surface area contributed by atoms with Crippen molar-refractivity contribution >= 4 is 12.0 Å². The molecule has 0 aliphatic heterocycles. The molecule has 3 heteroatoms. The quantitative estimate of drug-likeness (QED) is 0.672. The second kappa shape index (κ2) is 3.76. The molecule has 0 fully saturated rings. The van der Waals surface area contributed by atoms with Gasteiger partial charge in [0.15, 0.2) is 0 Å². The van der Waals surface area contributed by atoms with E-state index in [-0.39, 0.29) is 0 Å². The van der Waals surface area contributed by atoms with Crippen LogP contribution in [0.5, 0.6) is 0 Å². The lowest BCUT2D eigenvalue weighted by molar-refractivity contribution is -0.132. The van der Waals surface area contributed by atoms with E-state index >= 15 is 0 Å². The standard InChI is InChI=1S/C9H11NO2/c1-2-8(9(11)12)5-7-3-4-10-6-7/h3-6,10H,2H2,1H3,(H,11,12)/b8-5+. The zero-order chi connectivity index (χ0) is 8.97. The fraction of sp³-hybridized carbons (Fsp3) is 0.222. The summed E-state index contributed by atoms with van der Waals surface area (Å²) in [6.45, 7) is 1.83. The van der Waals surface area contributed by atoms with Crippen LogP contribution in [0.25, 0.3) is 6.08 Å². The lowest BCUT2D eigenvalue weighted by Gasteiger charge is -1.94. The Morgan fingerprint density at radius 1 is 1.75 bits per heavy atom. The van der Waals surface area contributed by atoms with Crippen LogP contribution in [-0.4, -0.2) is 16.1 Å². The van der Waals surface area contributed by atoms with Crippen molar-refractivity contribution in [2.45, 2.75) is 13.3 Å². The highest BCUT2D eigenvalue weighted by Crippen LogP contribution is 2.08. The van der Waals surface area contributed by atoms with Crippen LogP contribution in [0.1, 0.15) is 18.9 Å². The van der Waals surface area contributed by atoms with E-state index in [1.807, 2.05) is 13.0 Å². The van der Waals surface area contributed by atoms with Crippen molar-refractivity contribution in [2.24, 2.45) is 0 Å². The van der Waals surface area contributed by atoms with Gasteiger partial charge in [0, 0.05) is 18.0 Å². The topological polar surface area (TPSA) is 53.1 Å². The summed E-state index contributed by atoms with van der Waals surface area (Å²) in [4.78, 5) is 13.4. The highest BCUT2D eigenvalue weighted by molar-refractivity contribution is 5.91. The molecule has 0 saturated carbocycles. The SMILES string of the molecule is CC/C(=C\c1cc[nH]c1)C(=O)O. The van der Waals surface area contributed by atoms with Gasteiger partial charge in [-0.1, -0.05) is 6.92 Å². The Morgan fingerprint density at radius 2 is 2.50 bits per heavy atom. The van der Waals surface area contributed by atoms with Crippen LogP contribution in [0.3, 0.4) is 0 Å². The van der Waals surface area contributed by atoms with E-state index in [0.717, 1.165) is 5.56 Å². The Hall–Kier alpha value is -1.51. The zero-order valence-corrected chi connectivity index (χ0v) is 6.87. The number of aliphatic carboxylic acids is 1. The molecule has 64 valence electrons. The Labute approximate surface area is 70.7 Å². The second-order valence-electron chi connectivity index (χ2n) is 2.47. The number of carbonyl (C=O) groups is 1. The van der Waals surface area contributed by atoms with Crippen molar-refractivity contribution in [3.05, 3.63) is 29.6 Å². The molecule has 12 heavy (non-hydrogen) atoms. The smallest absolute Gasteiger partial charge is 0.331 e. The molecule has 0 unspecified atom stereocenters. The summed E-state index contributed by atoms with van der Waals surface area (Å²) < 4.78 is 0. The second-order valence-corrected chi connectivity index (χ2v) is 2.47. The number of H-pyrrole nitrogens is 1. The van der Waals surface area contributed by atoms with Crippen LogP contribution in [0.4, 0.5) is 0 Å². The predicted octanol–water partition coefficient (Wildman–Crippen LogP) is 1.89. The van der Waals surface area contributed by atoms with E-state index in [4.69, 9.17) is 5.11 Å². The summed E-state index contributed by atoms with van der Waals surface area (Å²) in [5, 5.41) is 8.69. The van der Waals surface area contributed by atoms with Crippen molar-refractivity contribution in [3.63, 3.8) is 0 Å². The first-order valence-electron chi connectivity index (χ1n) is 3.80. The molecular formula is C9H11NO2. The molecule has 0 amide bonds. The maximum Gasteiger partial charge on any atom is 0.331 e. The summed E-state index contributed by atoms with van der Waals surface area (Å²) >= 11 is 0. The van der Waals surface area contributed by atoms with Crippen LogP contribution in [-0.2, 0) is 4.79 Å². The third kappa shape index (κ3) is 1.99. The minimum Gasteiger partial charge on any atom is -0.478 e. The van der Waals surface area contributed by atoms with Crippen LogP contribution in [0, 0.1) is 0 Å². The van der Waals surface area contributed by atoms with Crippen LogP contribution < -0.4 is 0 Å². The van der Waals surface area contributed by atoms with E-state index in [0.29, 0.717) is 12.0 Å². The van der Waals surface area contributed by atoms with E-state index in [9.17, 15) is 4.79 Å². The lowest BCUT2D eigenvalue weighted by atomic mass is 10.1. The highest BCUT2D eigenvalue weighted by Gasteiger charge is 2.03. The molecule has 1 aromatic heterocycles.